The lowest BCUT2D eigenvalue weighted by Gasteiger charge is -2.22. The second-order valence-corrected chi connectivity index (χ2v) is 5.06. The van der Waals surface area contributed by atoms with E-state index in [0.29, 0.717) is 18.5 Å². The van der Waals surface area contributed by atoms with Gasteiger partial charge >= 0.3 is 0 Å². The number of carbonyl (C=O) groups is 3. The number of aryl methyl sites for hydroxylation is 1. The van der Waals surface area contributed by atoms with E-state index in [-0.39, 0.29) is 18.2 Å². The van der Waals surface area contributed by atoms with Gasteiger partial charge in [-0.15, -0.1) is 0 Å². The van der Waals surface area contributed by atoms with E-state index in [1.165, 1.54) is 0 Å². The van der Waals surface area contributed by atoms with Crippen LogP contribution in [0, 0.1) is 6.92 Å². The Morgan fingerprint density at radius 1 is 1.38 bits per heavy atom. The second kappa shape index (κ2) is 6.39. The van der Waals surface area contributed by atoms with Gasteiger partial charge in [-0.2, -0.15) is 0 Å². The molecule has 1 heterocycles. The molecule has 112 valence electrons. The molecule has 0 spiro atoms. The van der Waals surface area contributed by atoms with Gasteiger partial charge < -0.3 is 10.6 Å². The van der Waals surface area contributed by atoms with E-state index in [1.54, 1.807) is 6.07 Å². The van der Waals surface area contributed by atoms with Crippen molar-refractivity contribution in [2.24, 2.45) is 0 Å². The number of rotatable bonds is 4. The Balaban J connectivity index is 2.13. The van der Waals surface area contributed by atoms with Gasteiger partial charge in [-0.05, 0) is 38.0 Å². The molecule has 0 saturated carbocycles. The summed E-state index contributed by atoms with van der Waals surface area (Å²) >= 11 is 0. The molecular weight excluding hydrogens is 270 g/mol. The Labute approximate surface area is 123 Å². The first-order valence-electron chi connectivity index (χ1n) is 7.00. The fourth-order valence-electron chi connectivity index (χ4n) is 2.26. The maximum Gasteiger partial charge on any atom is 0.254 e. The quantitative estimate of drug-likeness (QED) is 0.721. The summed E-state index contributed by atoms with van der Waals surface area (Å²) in [6.07, 6.45) is 0.573. The highest BCUT2D eigenvalue weighted by Gasteiger charge is 2.28. The Hall–Kier alpha value is -2.37. The molecule has 1 fully saturated rings. The van der Waals surface area contributed by atoms with Crippen LogP contribution in [0.1, 0.15) is 35.7 Å². The van der Waals surface area contributed by atoms with Gasteiger partial charge in [-0.1, -0.05) is 6.07 Å². The van der Waals surface area contributed by atoms with E-state index in [4.69, 9.17) is 0 Å². The number of anilines is 1. The van der Waals surface area contributed by atoms with Crippen LogP contribution in [0.2, 0.25) is 0 Å². The largest absolute Gasteiger partial charge is 0.385 e. The van der Waals surface area contributed by atoms with Crippen LogP contribution in [-0.4, -0.2) is 30.3 Å². The van der Waals surface area contributed by atoms with Gasteiger partial charge in [0.15, 0.2) is 0 Å². The first kappa shape index (κ1) is 15.0. The van der Waals surface area contributed by atoms with E-state index in [2.05, 4.69) is 16.0 Å². The summed E-state index contributed by atoms with van der Waals surface area (Å²) in [7, 11) is 0. The highest BCUT2D eigenvalue weighted by Crippen LogP contribution is 2.18. The minimum atomic E-state index is -0.661. The smallest absolute Gasteiger partial charge is 0.254 e. The van der Waals surface area contributed by atoms with Crippen molar-refractivity contribution >= 4 is 23.4 Å². The van der Waals surface area contributed by atoms with Crippen molar-refractivity contribution in [1.29, 1.82) is 0 Å². The maximum atomic E-state index is 12.3. The predicted octanol–water partition coefficient (Wildman–Crippen LogP) is 0.962. The molecule has 1 aromatic carbocycles. The van der Waals surface area contributed by atoms with Crippen molar-refractivity contribution in [3.05, 3.63) is 29.3 Å². The molecule has 3 amide bonds. The third-order valence-electron chi connectivity index (χ3n) is 3.33. The SMILES string of the molecule is CCNc1cc(C)ccc1C(=O)NC1CCC(=O)NC1=O. The molecule has 1 saturated heterocycles. The molecule has 3 N–H and O–H groups in total. The topological polar surface area (TPSA) is 87.3 Å². The summed E-state index contributed by atoms with van der Waals surface area (Å²) in [5.41, 5.74) is 2.28. The van der Waals surface area contributed by atoms with Gasteiger partial charge in [0.25, 0.3) is 5.91 Å². The molecule has 0 bridgehead atoms. The maximum absolute atomic E-state index is 12.3. The normalized spacial score (nSPS) is 18.1. The number of hydrogen-bond donors (Lipinski definition) is 3. The van der Waals surface area contributed by atoms with Gasteiger partial charge in [0, 0.05) is 18.7 Å². The van der Waals surface area contributed by atoms with E-state index in [1.807, 2.05) is 26.0 Å². The number of carbonyl (C=O) groups excluding carboxylic acids is 3. The third kappa shape index (κ3) is 3.59. The molecule has 0 aliphatic carbocycles. The predicted molar refractivity (Wildman–Crippen MR) is 79.0 cm³/mol. The molecular formula is C15H19N3O3. The minimum Gasteiger partial charge on any atom is -0.385 e. The standard InChI is InChI=1S/C15H19N3O3/c1-3-16-12-8-9(2)4-5-10(12)14(20)17-11-6-7-13(19)18-15(11)21/h4-5,8,11,16H,3,6-7H2,1-2H3,(H,17,20)(H,18,19,21). The number of hydrogen-bond acceptors (Lipinski definition) is 4. The van der Waals surface area contributed by atoms with Crippen LogP contribution in [0.4, 0.5) is 5.69 Å². The van der Waals surface area contributed by atoms with Crippen LogP contribution in [0.25, 0.3) is 0 Å². The summed E-state index contributed by atoms with van der Waals surface area (Å²) in [6, 6.07) is 4.81. The fourth-order valence-corrected chi connectivity index (χ4v) is 2.26. The highest BCUT2D eigenvalue weighted by atomic mass is 16.2. The zero-order chi connectivity index (χ0) is 15.4. The Morgan fingerprint density at radius 2 is 2.14 bits per heavy atom. The van der Waals surface area contributed by atoms with Crippen molar-refractivity contribution in [3.63, 3.8) is 0 Å². The molecule has 0 aromatic heterocycles. The molecule has 1 aromatic rings. The fraction of sp³-hybridized carbons (Fsp3) is 0.400. The zero-order valence-electron chi connectivity index (χ0n) is 12.2. The highest BCUT2D eigenvalue weighted by molar-refractivity contribution is 6.05. The van der Waals surface area contributed by atoms with E-state index in [0.717, 1.165) is 11.3 Å². The molecule has 1 unspecified atom stereocenters. The van der Waals surface area contributed by atoms with E-state index >= 15 is 0 Å². The molecule has 0 radical (unpaired) electrons. The van der Waals surface area contributed by atoms with Gasteiger partial charge in [0.1, 0.15) is 6.04 Å². The lowest BCUT2D eigenvalue weighted by molar-refractivity contribution is -0.134. The average molecular weight is 289 g/mol. The van der Waals surface area contributed by atoms with Crippen molar-refractivity contribution < 1.29 is 14.4 Å². The van der Waals surface area contributed by atoms with Crippen LogP contribution >= 0.6 is 0 Å². The second-order valence-electron chi connectivity index (χ2n) is 5.06. The van der Waals surface area contributed by atoms with E-state index < -0.39 is 11.9 Å². The summed E-state index contributed by atoms with van der Waals surface area (Å²) in [6.45, 7) is 4.59. The van der Waals surface area contributed by atoms with Crippen molar-refractivity contribution in [1.82, 2.24) is 10.6 Å². The molecule has 21 heavy (non-hydrogen) atoms. The van der Waals surface area contributed by atoms with Crippen LogP contribution in [0.3, 0.4) is 0 Å². The number of piperidine rings is 1. The molecule has 1 aliphatic heterocycles. The van der Waals surface area contributed by atoms with Crippen LogP contribution in [0.5, 0.6) is 0 Å². The summed E-state index contributed by atoms with van der Waals surface area (Å²) in [5, 5.41) is 8.05. The van der Waals surface area contributed by atoms with Crippen LogP contribution in [0.15, 0.2) is 18.2 Å². The van der Waals surface area contributed by atoms with Gasteiger partial charge in [0.05, 0.1) is 5.56 Å². The summed E-state index contributed by atoms with van der Waals surface area (Å²) in [4.78, 5) is 35.1. The van der Waals surface area contributed by atoms with Gasteiger partial charge in [-0.3, -0.25) is 19.7 Å². The molecule has 2 rings (SSSR count). The zero-order valence-corrected chi connectivity index (χ0v) is 12.2. The first-order valence-corrected chi connectivity index (χ1v) is 7.00. The molecule has 6 heteroatoms. The molecule has 1 aliphatic rings. The number of imide groups is 1. The Kier molecular flexibility index (Phi) is 4.57. The first-order chi connectivity index (χ1) is 10.0. The van der Waals surface area contributed by atoms with Gasteiger partial charge in [0.2, 0.25) is 11.8 Å². The molecule has 1 atom stereocenters. The van der Waals surface area contributed by atoms with Crippen molar-refractivity contribution in [3.8, 4) is 0 Å². The number of nitrogens with one attached hydrogen (secondary N) is 3. The Morgan fingerprint density at radius 3 is 2.81 bits per heavy atom. The summed E-state index contributed by atoms with van der Waals surface area (Å²) in [5.74, 6) is -1.06. The van der Waals surface area contributed by atoms with Gasteiger partial charge in [-0.25, -0.2) is 0 Å². The number of amides is 3. The average Bonchev–Trinajstić information content (AvgIpc) is 2.42. The number of benzene rings is 1. The lowest BCUT2D eigenvalue weighted by Crippen LogP contribution is -2.52. The summed E-state index contributed by atoms with van der Waals surface area (Å²) < 4.78 is 0. The van der Waals surface area contributed by atoms with Crippen molar-refractivity contribution in [2.45, 2.75) is 32.7 Å². The third-order valence-corrected chi connectivity index (χ3v) is 3.33. The molecule has 6 nitrogen and oxygen atoms in total. The lowest BCUT2D eigenvalue weighted by atomic mass is 10.0. The Bertz CT molecular complexity index is 584. The van der Waals surface area contributed by atoms with E-state index in [9.17, 15) is 14.4 Å². The monoisotopic (exact) mass is 289 g/mol. The van der Waals surface area contributed by atoms with Crippen LogP contribution < -0.4 is 16.0 Å². The minimum absolute atomic E-state index is 0.241. The van der Waals surface area contributed by atoms with Crippen molar-refractivity contribution in [2.75, 3.05) is 11.9 Å². The van der Waals surface area contributed by atoms with Crippen LogP contribution in [-0.2, 0) is 9.59 Å².